The third kappa shape index (κ3) is 7.50. The number of carboxylic acid groups (broad SMARTS) is 1. The highest BCUT2D eigenvalue weighted by molar-refractivity contribution is 5.79. The molecule has 0 aromatic heterocycles. The van der Waals surface area contributed by atoms with E-state index in [1.54, 1.807) is 12.1 Å². The highest BCUT2D eigenvalue weighted by Gasteiger charge is 2.29. The maximum Gasteiger partial charge on any atom is 0.347 e. The molecule has 4 rings (SSSR count). The zero-order chi connectivity index (χ0) is 26.3. The van der Waals surface area contributed by atoms with Crippen molar-refractivity contribution in [3.05, 3.63) is 59.7 Å². The lowest BCUT2D eigenvalue weighted by Crippen LogP contribution is -2.37. The van der Waals surface area contributed by atoms with Gasteiger partial charge in [0.15, 0.2) is 5.60 Å². The van der Waals surface area contributed by atoms with E-state index in [9.17, 15) is 14.7 Å². The summed E-state index contributed by atoms with van der Waals surface area (Å²) in [6, 6.07) is 15.8. The van der Waals surface area contributed by atoms with Crippen LogP contribution < -0.4 is 15.0 Å². The van der Waals surface area contributed by atoms with Crippen LogP contribution in [0.3, 0.4) is 0 Å². The number of hydrogen-bond acceptors (Lipinski definition) is 4. The lowest BCUT2D eigenvalue weighted by Gasteiger charge is -2.34. The van der Waals surface area contributed by atoms with Crippen molar-refractivity contribution in [3.8, 4) is 5.75 Å². The fourth-order valence-electron chi connectivity index (χ4n) is 5.67. The molecule has 0 bridgehead atoms. The van der Waals surface area contributed by atoms with Crippen LogP contribution in [0.1, 0.15) is 88.8 Å². The first-order valence-corrected chi connectivity index (χ1v) is 14.0. The molecule has 1 amide bonds. The number of amides is 1. The number of carbonyl (C=O) groups excluding carboxylic acids is 1. The number of carbonyl (C=O) groups is 2. The van der Waals surface area contributed by atoms with Crippen LogP contribution in [-0.2, 0) is 16.0 Å². The van der Waals surface area contributed by atoms with Gasteiger partial charge in [0.1, 0.15) is 5.75 Å². The van der Waals surface area contributed by atoms with Crippen molar-refractivity contribution in [1.82, 2.24) is 5.32 Å². The largest absolute Gasteiger partial charge is 0.478 e. The van der Waals surface area contributed by atoms with Crippen molar-refractivity contribution >= 4 is 17.6 Å². The first-order valence-electron chi connectivity index (χ1n) is 14.0. The fraction of sp³-hybridized carbons (Fsp3) is 0.548. The van der Waals surface area contributed by atoms with Gasteiger partial charge in [0.05, 0.1) is 12.5 Å². The Labute approximate surface area is 221 Å². The molecule has 2 aromatic carbocycles. The van der Waals surface area contributed by atoms with E-state index >= 15 is 0 Å². The number of anilines is 1. The summed E-state index contributed by atoms with van der Waals surface area (Å²) in [6.07, 6.45) is 11.4. The zero-order valence-electron chi connectivity index (χ0n) is 22.4. The fourth-order valence-corrected chi connectivity index (χ4v) is 5.67. The Morgan fingerprint density at radius 2 is 1.62 bits per heavy atom. The van der Waals surface area contributed by atoms with Crippen LogP contribution in [-0.4, -0.2) is 35.7 Å². The minimum atomic E-state index is -1.31. The molecule has 2 fully saturated rings. The molecule has 2 N–H and O–H groups in total. The molecular formula is C31H42N2O4. The second kappa shape index (κ2) is 12.5. The predicted molar refractivity (Wildman–Crippen MR) is 147 cm³/mol. The summed E-state index contributed by atoms with van der Waals surface area (Å²) in [4.78, 5) is 27.1. The van der Waals surface area contributed by atoms with Crippen LogP contribution >= 0.6 is 0 Å². The molecule has 0 spiro atoms. The van der Waals surface area contributed by atoms with Crippen LogP contribution in [0, 0.1) is 5.92 Å². The van der Waals surface area contributed by atoms with Crippen LogP contribution in [0.5, 0.6) is 5.75 Å². The van der Waals surface area contributed by atoms with E-state index < -0.39 is 11.6 Å². The van der Waals surface area contributed by atoms with Crippen LogP contribution in [0.25, 0.3) is 0 Å². The molecule has 1 unspecified atom stereocenters. The summed E-state index contributed by atoms with van der Waals surface area (Å²) in [7, 11) is 0. The molecule has 200 valence electrons. The SMILES string of the molecule is CC(C)(Oc1ccc(CC(=O)NC(CC2CCCCC2)c2ccccc2N2CCCCC2)cc1)C(=O)O. The number of para-hydroxylation sites is 1. The van der Waals surface area contributed by atoms with Crippen molar-refractivity contribution in [1.29, 1.82) is 0 Å². The van der Waals surface area contributed by atoms with E-state index in [4.69, 9.17) is 4.74 Å². The van der Waals surface area contributed by atoms with Gasteiger partial charge in [0.25, 0.3) is 0 Å². The van der Waals surface area contributed by atoms with Crippen LogP contribution in [0.4, 0.5) is 5.69 Å². The van der Waals surface area contributed by atoms with Gasteiger partial charge in [-0.1, -0.05) is 62.4 Å². The van der Waals surface area contributed by atoms with Gasteiger partial charge < -0.3 is 20.1 Å². The minimum absolute atomic E-state index is 0.00676. The second-order valence-electron chi connectivity index (χ2n) is 11.2. The van der Waals surface area contributed by atoms with Gasteiger partial charge in [-0.05, 0) is 74.8 Å². The predicted octanol–water partition coefficient (Wildman–Crippen LogP) is 6.29. The molecule has 2 aromatic rings. The van der Waals surface area contributed by atoms with Crippen molar-refractivity contribution in [2.24, 2.45) is 5.92 Å². The molecule has 37 heavy (non-hydrogen) atoms. The van der Waals surface area contributed by atoms with Crippen LogP contribution in [0.15, 0.2) is 48.5 Å². The number of benzene rings is 2. The first-order chi connectivity index (χ1) is 17.8. The van der Waals surface area contributed by atoms with Gasteiger partial charge in [-0.2, -0.15) is 0 Å². The third-order valence-corrected chi connectivity index (χ3v) is 7.81. The van der Waals surface area contributed by atoms with Gasteiger partial charge in [0, 0.05) is 18.8 Å². The van der Waals surface area contributed by atoms with Crippen molar-refractivity contribution in [2.75, 3.05) is 18.0 Å². The second-order valence-corrected chi connectivity index (χ2v) is 11.2. The Kier molecular flexibility index (Phi) is 9.12. The maximum absolute atomic E-state index is 13.3. The van der Waals surface area contributed by atoms with Crippen LogP contribution in [0.2, 0.25) is 0 Å². The number of hydrogen-bond donors (Lipinski definition) is 2. The van der Waals surface area contributed by atoms with E-state index in [-0.39, 0.29) is 18.4 Å². The van der Waals surface area contributed by atoms with Gasteiger partial charge in [-0.15, -0.1) is 0 Å². The Balaban J connectivity index is 1.47. The summed E-state index contributed by atoms with van der Waals surface area (Å²) in [5, 5.41) is 12.7. The molecule has 1 saturated carbocycles. The molecule has 6 nitrogen and oxygen atoms in total. The normalized spacial score (nSPS) is 17.7. The summed E-state index contributed by atoms with van der Waals surface area (Å²) < 4.78 is 5.60. The summed E-state index contributed by atoms with van der Waals surface area (Å²) >= 11 is 0. The standard InChI is InChI=1S/C31H42N2O4/c1-31(2,30(35)36)37-25-17-15-24(16-18-25)22-29(34)32-27(21-23-11-5-3-6-12-23)26-13-7-8-14-28(26)33-19-9-4-10-20-33/h7-8,13-18,23,27H,3-6,9-12,19-22H2,1-2H3,(H,32,34)(H,35,36). The number of ether oxygens (including phenoxy) is 1. The first kappa shape index (κ1) is 27.0. The molecule has 1 atom stereocenters. The topological polar surface area (TPSA) is 78.9 Å². The quantitative estimate of drug-likeness (QED) is 0.396. The number of rotatable bonds is 10. The van der Waals surface area contributed by atoms with E-state index in [1.807, 2.05) is 12.1 Å². The van der Waals surface area contributed by atoms with E-state index in [0.717, 1.165) is 25.1 Å². The Morgan fingerprint density at radius 3 is 2.30 bits per heavy atom. The Bertz CT molecular complexity index is 1040. The third-order valence-electron chi connectivity index (χ3n) is 7.81. The molecule has 1 aliphatic heterocycles. The molecule has 1 saturated heterocycles. The lowest BCUT2D eigenvalue weighted by atomic mass is 9.83. The van der Waals surface area contributed by atoms with E-state index in [0.29, 0.717) is 11.7 Å². The zero-order valence-corrected chi connectivity index (χ0v) is 22.4. The smallest absolute Gasteiger partial charge is 0.347 e. The van der Waals surface area contributed by atoms with Gasteiger partial charge in [-0.25, -0.2) is 4.79 Å². The highest BCUT2D eigenvalue weighted by atomic mass is 16.5. The Morgan fingerprint density at radius 1 is 0.973 bits per heavy atom. The van der Waals surface area contributed by atoms with Gasteiger partial charge in [-0.3, -0.25) is 4.79 Å². The minimum Gasteiger partial charge on any atom is -0.478 e. The van der Waals surface area contributed by atoms with E-state index in [1.165, 1.54) is 76.5 Å². The number of carboxylic acids is 1. The maximum atomic E-state index is 13.3. The van der Waals surface area contributed by atoms with E-state index in [2.05, 4.69) is 34.5 Å². The Hall–Kier alpha value is -3.02. The monoisotopic (exact) mass is 506 g/mol. The van der Waals surface area contributed by atoms with Crippen molar-refractivity contribution < 1.29 is 19.4 Å². The number of nitrogens with zero attached hydrogens (tertiary/aromatic N) is 1. The summed E-state index contributed by atoms with van der Waals surface area (Å²) in [5.74, 6) is 0.100. The molecule has 6 heteroatoms. The molecular weight excluding hydrogens is 464 g/mol. The molecule has 2 aliphatic rings. The summed E-state index contributed by atoms with van der Waals surface area (Å²) in [5.41, 5.74) is 2.07. The number of aliphatic carboxylic acids is 1. The van der Waals surface area contributed by atoms with Gasteiger partial charge in [0.2, 0.25) is 5.91 Å². The van der Waals surface area contributed by atoms with Crippen molar-refractivity contribution in [3.63, 3.8) is 0 Å². The number of nitrogens with one attached hydrogen (secondary N) is 1. The van der Waals surface area contributed by atoms with Crippen molar-refractivity contribution in [2.45, 2.75) is 89.7 Å². The molecule has 0 radical (unpaired) electrons. The highest BCUT2D eigenvalue weighted by Crippen LogP contribution is 2.36. The number of piperidine rings is 1. The van der Waals surface area contributed by atoms with Gasteiger partial charge >= 0.3 is 5.97 Å². The summed E-state index contributed by atoms with van der Waals surface area (Å²) in [6.45, 7) is 5.19. The molecule has 1 heterocycles. The molecule has 1 aliphatic carbocycles. The average Bonchev–Trinajstić information content (AvgIpc) is 2.90. The lowest BCUT2D eigenvalue weighted by molar-refractivity contribution is -0.152. The average molecular weight is 507 g/mol.